The number of hydrogen-bond acceptors (Lipinski definition) is 4. The van der Waals surface area contributed by atoms with Crippen molar-refractivity contribution in [1.82, 2.24) is 0 Å². The summed E-state index contributed by atoms with van der Waals surface area (Å²) in [6.45, 7) is -0.573. The summed E-state index contributed by atoms with van der Waals surface area (Å²) < 4.78 is 32.6. The monoisotopic (exact) mass is 431 g/mol. The van der Waals surface area contributed by atoms with E-state index in [0.29, 0.717) is 5.69 Å². The van der Waals surface area contributed by atoms with Crippen LogP contribution in [0.15, 0.2) is 77.7 Å². The fourth-order valence-electron chi connectivity index (χ4n) is 2.80. The second kappa shape index (κ2) is 8.55. The summed E-state index contributed by atoms with van der Waals surface area (Å²) in [6.07, 6.45) is 0. The molecule has 0 bridgehead atoms. The smallest absolute Gasteiger partial charge is 0.341 e. The maximum absolute atomic E-state index is 13.2. The number of anilines is 1. The first-order chi connectivity index (χ1) is 13.8. The molecule has 0 fully saturated rings. The Labute approximate surface area is 174 Å². The van der Waals surface area contributed by atoms with Crippen molar-refractivity contribution < 1.29 is 23.1 Å². The van der Waals surface area contributed by atoms with Crippen molar-refractivity contribution >= 4 is 33.3 Å². The van der Waals surface area contributed by atoms with Gasteiger partial charge in [-0.1, -0.05) is 60.1 Å². The minimum absolute atomic E-state index is 0.0112. The molecule has 1 N–H and O–H groups in total. The van der Waals surface area contributed by atoms with Crippen LogP contribution in [0.4, 0.5) is 5.69 Å². The van der Waals surface area contributed by atoms with E-state index in [0.717, 1.165) is 11.1 Å². The highest BCUT2D eigenvalue weighted by Gasteiger charge is 2.24. The summed E-state index contributed by atoms with van der Waals surface area (Å²) in [5, 5.41) is 8.71. The lowest BCUT2D eigenvalue weighted by molar-refractivity contribution is -0.139. The Hall–Kier alpha value is -3.03. The Morgan fingerprint density at radius 2 is 1.69 bits per heavy atom. The van der Waals surface area contributed by atoms with Crippen molar-refractivity contribution in [3.63, 3.8) is 0 Å². The topological polar surface area (TPSA) is 83.9 Å². The number of carboxylic acids is 1. The predicted octanol–water partition coefficient (Wildman–Crippen LogP) is 4.30. The molecule has 0 spiro atoms. The highest BCUT2D eigenvalue weighted by atomic mass is 35.5. The van der Waals surface area contributed by atoms with Gasteiger partial charge in [-0.3, -0.25) is 4.31 Å². The van der Waals surface area contributed by atoms with Gasteiger partial charge in [-0.05, 0) is 29.8 Å². The van der Waals surface area contributed by atoms with Gasteiger partial charge in [0.15, 0.2) is 6.61 Å². The van der Waals surface area contributed by atoms with Gasteiger partial charge in [0, 0.05) is 12.6 Å². The summed E-state index contributed by atoms with van der Waals surface area (Å²) in [7, 11) is -2.44. The van der Waals surface area contributed by atoms with Gasteiger partial charge in [-0.2, -0.15) is 0 Å². The molecule has 0 aromatic heterocycles. The van der Waals surface area contributed by atoms with Crippen LogP contribution < -0.4 is 9.04 Å². The van der Waals surface area contributed by atoms with E-state index in [1.807, 2.05) is 42.5 Å². The molecule has 3 rings (SSSR count). The lowest BCUT2D eigenvalue weighted by Crippen LogP contribution is -2.27. The van der Waals surface area contributed by atoms with Crippen molar-refractivity contribution in [2.24, 2.45) is 0 Å². The molecule has 0 saturated carbocycles. The van der Waals surface area contributed by atoms with Gasteiger partial charge in [0.2, 0.25) is 0 Å². The third kappa shape index (κ3) is 4.52. The second-order valence-electron chi connectivity index (χ2n) is 6.13. The van der Waals surface area contributed by atoms with E-state index in [2.05, 4.69) is 0 Å². The lowest BCUT2D eigenvalue weighted by Gasteiger charge is -2.23. The van der Waals surface area contributed by atoms with Crippen LogP contribution in [0.3, 0.4) is 0 Å². The molecule has 0 amide bonds. The third-order valence-corrected chi connectivity index (χ3v) is 6.30. The fraction of sp³-hybridized carbons (Fsp3) is 0.0952. The van der Waals surface area contributed by atoms with E-state index in [4.69, 9.17) is 21.4 Å². The number of carboxylic acid groups (broad SMARTS) is 1. The molecule has 0 atom stereocenters. The van der Waals surface area contributed by atoms with Crippen molar-refractivity contribution in [3.05, 3.63) is 77.8 Å². The first-order valence-electron chi connectivity index (χ1n) is 8.58. The van der Waals surface area contributed by atoms with Crippen LogP contribution in [0, 0.1) is 0 Å². The average molecular weight is 432 g/mol. The van der Waals surface area contributed by atoms with Gasteiger partial charge in [0.1, 0.15) is 5.75 Å². The molecule has 6 nitrogen and oxygen atoms in total. The van der Waals surface area contributed by atoms with Crippen LogP contribution >= 0.6 is 11.6 Å². The number of para-hydroxylation sites is 1. The Balaban J connectivity index is 1.97. The SMILES string of the molecule is CN(c1ccccc1-c1ccccc1)S(=O)(=O)c1ccc(OCC(=O)O)c(Cl)c1. The number of nitrogens with zero attached hydrogens (tertiary/aromatic N) is 1. The average Bonchev–Trinajstić information content (AvgIpc) is 2.72. The van der Waals surface area contributed by atoms with Gasteiger partial charge < -0.3 is 9.84 Å². The van der Waals surface area contributed by atoms with Gasteiger partial charge in [0.05, 0.1) is 15.6 Å². The van der Waals surface area contributed by atoms with E-state index < -0.39 is 22.6 Å². The number of ether oxygens (including phenoxy) is 1. The highest BCUT2D eigenvalue weighted by molar-refractivity contribution is 7.92. The highest BCUT2D eigenvalue weighted by Crippen LogP contribution is 2.34. The molecule has 150 valence electrons. The van der Waals surface area contributed by atoms with Gasteiger partial charge in [-0.15, -0.1) is 0 Å². The van der Waals surface area contributed by atoms with Crippen LogP contribution in [-0.4, -0.2) is 33.1 Å². The number of halogens is 1. The minimum atomic E-state index is -3.92. The van der Waals surface area contributed by atoms with Crippen LogP contribution in [0.2, 0.25) is 5.02 Å². The molecular formula is C21H18ClNO5S. The van der Waals surface area contributed by atoms with Crippen LogP contribution in [0.25, 0.3) is 11.1 Å². The Kier molecular flexibility index (Phi) is 6.10. The fourth-order valence-corrected chi connectivity index (χ4v) is 4.34. The molecule has 29 heavy (non-hydrogen) atoms. The van der Waals surface area contributed by atoms with Crippen molar-refractivity contribution in [3.8, 4) is 16.9 Å². The summed E-state index contributed by atoms with van der Waals surface area (Å²) in [6, 6.07) is 20.6. The lowest BCUT2D eigenvalue weighted by atomic mass is 10.0. The molecule has 3 aromatic rings. The van der Waals surface area contributed by atoms with Crippen LogP contribution in [-0.2, 0) is 14.8 Å². The van der Waals surface area contributed by atoms with E-state index >= 15 is 0 Å². The van der Waals surface area contributed by atoms with Gasteiger partial charge >= 0.3 is 5.97 Å². The van der Waals surface area contributed by atoms with E-state index in [1.165, 1.54) is 29.6 Å². The molecular weight excluding hydrogens is 414 g/mol. The number of carbonyl (C=O) groups is 1. The zero-order valence-corrected chi connectivity index (χ0v) is 17.0. The standard InChI is InChI=1S/C21H18ClNO5S/c1-23(19-10-6-5-9-17(19)15-7-3-2-4-8-15)29(26,27)16-11-12-20(18(22)13-16)28-14-21(24)25/h2-13H,14H2,1H3,(H,24,25). The van der Waals surface area contributed by atoms with E-state index in [9.17, 15) is 13.2 Å². The molecule has 8 heteroatoms. The number of benzene rings is 3. The Morgan fingerprint density at radius 3 is 2.34 bits per heavy atom. The maximum Gasteiger partial charge on any atom is 0.341 e. The number of hydrogen-bond donors (Lipinski definition) is 1. The zero-order valence-electron chi connectivity index (χ0n) is 15.4. The van der Waals surface area contributed by atoms with Crippen molar-refractivity contribution in [2.45, 2.75) is 4.90 Å². The molecule has 0 aliphatic rings. The molecule has 0 heterocycles. The quantitative estimate of drug-likeness (QED) is 0.603. The summed E-state index contributed by atoms with van der Waals surface area (Å²) in [4.78, 5) is 10.6. The number of aliphatic carboxylic acids is 1. The summed E-state index contributed by atoms with van der Waals surface area (Å²) in [5.74, 6) is -1.06. The normalized spacial score (nSPS) is 11.1. The largest absolute Gasteiger partial charge is 0.480 e. The van der Waals surface area contributed by atoms with Crippen molar-refractivity contribution in [2.75, 3.05) is 18.0 Å². The molecule has 3 aromatic carbocycles. The van der Waals surface area contributed by atoms with E-state index in [-0.39, 0.29) is 15.7 Å². The van der Waals surface area contributed by atoms with Crippen molar-refractivity contribution in [1.29, 1.82) is 0 Å². The number of sulfonamides is 1. The summed E-state index contributed by atoms with van der Waals surface area (Å²) in [5.41, 5.74) is 2.17. The van der Waals surface area contributed by atoms with E-state index in [1.54, 1.807) is 12.1 Å². The van der Waals surface area contributed by atoms with Crippen LogP contribution in [0.1, 0.15) is 0 Å². The first-order valence-corrected chi connectivity index (χ1v) is 10.4. The first kappa shape index (κ1) is 20.7. The Bertz CT molecular complexity index is 1130. The van der Waals surface area contributed by atoms with Crippen LogP contribution in [0.5, 0.6) is 5.75 Å². The molecule has 0 aliphatic carbocycles. The maximum atomic E-state index is 13.2. The third-order valence-electron chi connectivity index (χ3n) is 4.24. The molecule has 0 unspecified atom stereocenters. The summed E-state index contributed by atoms with van der Waals surface area (Å²) >= 11 is 6.10. The van der Waals surface area contributed by atoms with Gasteiger partial charge in [-0.25, -0.2) is 13.2 Å². The minimum Gasteiger partial charge on any atom is -0.480 e. The molecule has 0 radical (unpaired) electrons. The second-order valence-corrected chi connectivity index (χ2v) is 8.51. The molecule has 0 aliphatic heterocycles. The molecule has 0 saturated heterocycles. The zero-order chi connectivity index (χ0) is 21.0. The Morgan fingerprint density at radius 1 is 1.03 bits per heavy atom. The number of rotatable bonds is 7. The predicted molar refractivity (Wildman–Crippen MR) is 112 cm³/mol. The van der Waals surface area contributed by atoms with Gasteiger partial charge in [0.25, 0.3) is 10.0 Å².